The van der Waals surface area contributed by atoms with Crippen molar-refractivity contribution in [2.45, 2.75) is 19.3 Å². The maximum Gasteiger partial charge on any atom is 0.184 e. The van der Waals surface area contributed by atoms with Crippen LogP contribution < -0.4 is 0 Å². The minimum atomic E-state index is 0.176. The minimum Gasteiger partial charge on any atom is -0.324 e. The normalized spacial score (nSPS) is 25.5. The van der Waals surface area contributed by atoms with Gasteiger partial charge < -0.3 is 9.47 Å². The zero-order valence-electron chi connectivity index (χ0n) is 14.2. The molecule has 0 aliphatic carbocycles. The Hall–Kier alpha value is -2.40. The van der Waals surface area contributed by atoms with E-state index in [9.17, 15) is 4.79 Å². The van der Waals surface area contributed by atoms with Crippen LogP contribution in [0.5, 0.6) is 0 Å². The number of hydrogen-bond acceptors (Lipinski definition) is 3. The molecule has 1 atom stereocenters. The number of hydrogen-bond donors (Lipinski definition) is 1. The number of piperidine rings is 3. The number of carbonyl (C=O) groups is 1. The van der Waals surface area contributed by atoms with E-state index < -0.39 is 0 Å². The van der Waals surface area contributed by atoms with Crippen LogP contribution in [0, 0.1) is 11.8 Å². The number of Topliss-reactive ketones (excluding diaryl/α,β-unsaturated/α-hetero) is 1. The van der Waals surface area contributed by atoms with Crippen LogP contribution in [0.25, 0.3) is 16.6 Å². The molecule has 3 aromatic rings. The molecular weight excluding hydrogens is 312 g/mol. The van der Waals surface area contributed by atoms with Gasteiger partial charge in [0.2, 0.25) is 0 Å². The summed E-state index contributed by atoms with van der Waals surface area (Å²) in [5.74, 6) is 1.39. The maximum atomic E-state index is 13.0. The van der Waals surface area contributed by atoms with E-state index in [1.54, 1.807) is 0 Å². The van der Waals surface area contributed by atoms with Gasteiger partial charge in [-0.2, -0.15) is 5.10 Å². The summed E-state index contributed by atoms with van der Waals surface area (Å²) < 4.78 is 2.05. The van der Waals surface area contributed by atoms with E-state index in [0.29, 0.717) is 18.0 Å². The Bertz CT molecular complexity index is 903. The van der Waals surface area contributed by atoms with Gasteiger partial charge in [0.1, 0.15) is 5.69 Å². The van der Waals surface area contributed by atoms with Crippen molar-refractivity contribution in [2.75, 3.05) is 19.6 Å². The minimum absolute atomic E-state index is 0.176. The molecule has 5 heterocycles. The first-order valence-electron chi connectivity index (χ1n) is 9.15. The number of nitrogens with zero attached hydrogens (tertiary/aromatic N) is 3. The Morgan fingerprint density at radius 1 is 1.20 bits per heavy atom. The monoisotopic (exact) mass is 334 g/mol. The third-order valence-electron chi connectivity index (χ3n) is 5.95. The Labute approximate surface area is 146 Å². The molecule has 3 aliphatic rings. The zero-order valence-corrected chi connectivity index (χ0v) is 14.2. The Kier molecular flexibility index (Phi) is 3.48. The number of H-pyrrole nitrogens is 1. The highest BCUT2D eigenvalue weighted by molar-refractivity contribution is 6.06. The highest BCUT2D eigenvalue weighted by atomic mass is 16.1. The molecule has 6 rings (SSSR count). The number of ketones is 1. The van der Waals surface area contributed by atoms with Gasteiger partial charge >= 0.3 is 0 Å². The highest BCUT2D eigenvalue weighted by Gasteiger charge is 2.35. The summed E-state index contributed by atoms with van der Waals surface area (Å²) in [6.07, 6.45) is 7.13. The summed E-state index contributed by atoms with van der Waals surface area (Å²) in [6, 6.07) is 10.1. The summed E-state index contributed by atoms with van der Waals surface area (Å²) in [6.45, 7) is 3.50. The molecule has 0 amide bonds. The standard InChI is InChI=1S/C20H22N4O/c25-19(11-15-13-23-9-5-14(15)6-10-23)20-17-12-16(24-7-1-2-8-24)3-4-18(17)21-22-20/h1-4,7-8,12,14-15H,5-6,9-11,13H2,(H,21,22)/t15-/m0/s1. The van der Waals surface area contributed by atoms with Crippen LogP contribution in [0.3, 0.4) is 0 Å². The van der Waals surface area contributed by atoms with Crippen molar-refractivity contribution in [3.8, 4) is 5.69 Å². The van der Waals surface area contributed by atoms with Crippen LogP contribution in [0.2, 0.25) is 0 Å². The van der Waals surface area contributed by atoms with Crippen LogP contribution in [0.4, 0.5) is 0 Å². The summed E-state index contributed by atoms with van der Waals surface area (Å²) in [4.78, 5) is 15.5. The van der Waals surface area contributed by atoms with Gasteiger partial charge in [-0.05, 0) is 68.1 Å². The molecule has 3 saturated heterocycles. The van der Waals surface area contributed by atoms with Crippen molar-refractivity contribution in [3.05, 3.63) is 48.4 Å². The molecule has 2 bridgehead atoms. The Balaban J connectivity index is 1.44. The summed E-state index contributed by atoms with van der Waals surface area (Å²) in [7, 11) is 0. The van der Waals surface area contributed by atoms with E-state index in [1.165, 1.54) is 25.9 Å². The van der Waals surface area contributed by atoms with Crippen LogP contribution >= 0.6 is 0 Å². The summed E-state index contributed by atoms with van der Waals surface area (Å²) >= 11 is 0. The van der Waals surface area contributed by atoms with Crippen LogP contribution in [-0.4, -0.2) is 45.1 Å². The fourth-order valence-corrected chi connectivity index (χ4v) is 4.54. The predicted octanol–water partition coefficient (Wildman–Crippen LogP) is 3.27. The first-order valence-corrected chi connectivity index (χ1v) is 9.15. The van der Waals surface area contributed by atoms with Gasteiger partial charge in [-0.25, -0.2) is 0 Å². The van der Waals surface area contributed by atoms with Gasteiger partial charge in [-0.3, -0.25) is 9.89 Å². The first-order chi connectivity index (χ1) is 12.3. The molecule has 3 fully saturated rings. The Morgan fingerprint density at radius 2 is 2.00 bits per heavy atom. The zero-order chi connectivity index (χ0) is 16.8. The number of nitrogens with one attached hydrogen (secondary N) is 1. The summed E-state index contributed by atoms with van der Waals surface area (Å²) in [5.41, 5.74) is 2.57. The molecule has 5 heteroatoms. The molecule has 2 aromatic heterocycles. The van der Waals surface area contributed by atoms with Crippen molar-refractivity contribution < 1.29 is 4.79 Å². The van der Waals surface area contributed by atoms with Crippen molar-refractivity contribution in [2.24, 2.45) is 11.8 Å². The average molecular weight is 334 g/mol. The van der Waals surface area contributed by atoms with E-state index in [1.807, 2.05) is 41.2 Å². The molecule has 0 unspecified atom stereocenters. The Morgan fingerprint density at radius 3 is 2.72 bits per heavy atom. The lowest BCUT2D eigenvalue weighted by atomic mass is 9.76. The quantitative estimate of drug-likeness (QED) is 0.745. The number of rotatable bonds is 4. The maximum absolute atomic E-state index is 13.0. The van der Waals surface area contributed by atoms with E-state index in [-0.39, 0.29) is 5.78 Å². The molecular formula is C20H22N4O. The van der Waals surface area contributed by atoms with Gasteiger partial charge in [0.25, 0.3) is 0 Å². The molecule has 1 aromatic carbocycles. The second-order valence-electron chi connectivity index (χ2n) is 7.42. The third-order valence-corrected chi connectivity index (χ3v) is 5.95. The van der Waals surface area contributed by atoms with Gasteiger partial charge in [0.15, 0.2) is 5.78 Å². The second-order valence-corrected chi connectivity index (χ2v) is 7.42. The number of benzene rings is 1. The molecule has 0 saturated carbocycles. The van der Waals surface area contributed by atoms with Crippen LogP contribution in [-0.2, 0) is 0 Å². The van der Waals surface area contributed by atoms with Gasteiger partial charge in [0.05, 0.1) is 5.52 Å². The SMILES string of the molecule is O=C(C[C@H]1CN2CCC1CC2)c1n[nH]c2ccc(-n3cccc3)cc12. The number of aromatic amines is 1. The predicted molar refractivity (Wildman–Crippen MR) is 97.0 cm³/mol. The second kappa shape index (κ2) is 5.85. The third kappa shape index (κ3) is 2.59. The van der Waals surface area contributed by atoms with Crippen molar-refractivity contribution in [3.63, 3.8) is 0 Å². The molecule has 25 heavy (non-hydrogen) atoms. The largest absolute Gasteiger partial charge is 0.324 e. The van der Waals surface area contributed by atoms with Gasteiger partial charge in [0, 0.05) is 36.4 Å². The molecule has 128 valence electrons. The molecule has 0 spiro atoms. The van der Waals surface area contributed by atoms with Crippen LogP contribution in [0.15, 0.2) is 42.7 Å². The fraction of sp³-hybridized carbons (Fsp3) is 0.400. The first kappa shape index (κ1) is 14.9. The number of carbonyl (C=O) groups excluding carboxylic acids is 1. The molecule has 0 radical (unpaired) electrons. The van der Waals surface area contributed by atoms with E-state index in [4.69, 9.17) is 0 Å². The highest BCUT2D eigenvalue weighted by Crippen LogP contribution is 2.35. The lowest BCUT2D eigenvalue weighted by molar-refractivity contribution is 0.0440. The van der Waals surface area contributed by atoms with E-state index >= 15 is 0 Å². The van der Waals surface area contributed by atoms with Crippen molar-refractivity contribution in [1.29, 1.82) is 0 Å². The number of fused-ring (bicyclic) bond motifs is 4. The lowest BCUT2D eigenvalue weighted by Crippen LogP contribution is -2.47. The van der Waals surface area contributed by atoms with Crippen molar-refractivity contribution >= 4 is 16.7 Å². The molecule has 3 aliphatic heterocycles. The fourth-order valence-electron chi connectivity index (χ4n) is 4.54. The van der Waals surface area contributed by atoms with Gasteiger partial charge in [-0.1, -0.05) is 0 Å². The molecule has 1 N–H and O–H groups in total. The van der Waals surface area contributed by atoms with E-state index in [0.717, 1.165) is 29.1 Å². The van der Waals surface area contributed by atoms with Crippen molar-refractivity contribution in [1.82, 2.24) is 19.7 Å². The summed E-state index contributed by atoms with van der Waals surface area (Å²) in [5, 5.41) is 8.30. The van der Waals surface area contributed by atoms with Crippen LogP contribution in [0.1, 0.15) is 29.8 Å². The molecule has 5 nitrogen and oxygen atoms in total. The number of aromatic nitrogens is 3. The smallest absolute Gasteiger partial charge is 0.184 e. The average Bonchev–Trinajstić information content (AvgIpc) is 3.32. The topological polar surface area (TPSA) is 53.9 Å². The van der Waals surface area contributed by atoms with E-state index in [2.05, 4.69) is 21.2 Å². The lowest BCUT2D eigenvalue weighted by Gasteiger charge is -2.44. The van der Waals surface area contributed by atoms with Gasteiger partial charge in [-0.15, -0.1) is 0 Å².